The molecule has 0 spiro atoms. The van der Waals surface area contributed by atoms with E-state index in [-0.39, 0.29) is 17.8 Å². The molecule has 1 aromatic carbocycles. The van der Waals surface area contributed by atoms with Gasteiger partial charge in [0.2, 0.25) is 11.7 Å². The first kappa shape index (κ1) is 18.8. The zero-order valence-corrected chi connectivity index (χ0v) is 16.2. The monoisotopic (exact) mass is 398 g/mol. The first-order valence-corrected chi connectivity index (χ1v) is 10.3. The Morgan fingerprint density at radius 1 is 1.21 bits per heavy atom. The Bertz CT molecular complexity index is 890. The molecule has 1 atom stereocenters. The van der Waals surface area contributed by atoms with Gasteiger partial charge in [0.25, 0.3) is 0 Å². The minimum absolute atomic E-state index is 0.0330. The molecule has 1 aliphatic rings. The van der Waals surface area contributed by atoms with Crippen molar-refractivity contribution in [2.75, 3.05) is 18.9 Å². The second-order valence-electron chi connectivity index (χ2n) is 6.58. The van der Waals surface area contributed by atoms with Crippen LogP contribution in [0.2, 0.25) is 0 Å². The van der Waals surface area contributed by atoms with Gasteiger partial charge in [-0.25, -0.2) is 0 Å². The second kappa shape index (κ2) is 9.07. The van der Waals surface area contributed by atoms with Crippen LogP contribution in [0.3, 0.4) is 0 Å². The topological polar surface area (TPSA) is 82.2 Å². The number of benzene rings is 1. The highest BCUT2D eigenvalue weighted by atomic mass is 32.2. The summed E-state index contributed by atoms with van der Waals surface area (Å²) in [6, 6.07) is 13.8. The summed E-state index contributed by atoms with van der Waals surface area (Å²) in [5.41, 5.74) is 1.12. The molecule has 1 fully saturated rings. The lowest BCUT2D eigenvalue weighted by Gasteiger charge is -2.11. The average molecular weight is 398 g/mol. The van der Waals surface area contributed by atoms with Crippen molar-refractivity contribution in [2.24, 2.45) is 0 Å². The lowest BCUT2D eigenvalue weighted by atomic mass is 10.2. The van der Waals surface area contributed by atoms with Crippen molar-refractivity contribution in [1.82, 2.24) is 20.1 Å². The number of hydrogen-bond acceptors (Lipinski definition) is 6. The first-order valence-electron chi connectivity index (χ1n) is 9.31. The number of furan rings is 1. The van der Waals surface area contributed by atoms with Crippen LogP contribution in [-0.4, -0.2) is 45.7 Å². The number of amides is 1. The number of rotatable bonds is 8. The molecular weight excluding hydrogens is 376 g/mol. The molecule has 1 aliphatic heterocycles. The fraction of sp³-hybridized carbons (Fsp3) is 0.350. The van der Waals surface area contributed by atoms with Crippen LogP contribution in [0, 0.1) is 0 Å². The Kier molecular flexibility index (Phi) is 6.08. The molecular formula is C20H22N4O3S. The van der Waals surface area contributed by atoms with Crippen molar-refractivity contribution in [1.29, 1.82) is 0 Å². The van der Waals surface area contributed by atoms with Crippen molar-refractivity contribution in [2.45, 2.75) is 30.6 Å². The van der Waals surface area contributed by atoms with E-state index < -0.39 is 0 Å². The third kappa shape index (κ3) is 4.63. The van der Waals surface area contributed by atoms with E-state index in [1.165, 1.54) is 11.8 Å². The summed E-state index contributed by atoms with van der Waals surface area (Å²) in [6.45, 7) is 1.95. The van der Waals surface area contributed by atoms with Gasteiger partial charge in [-0.2, -0.15) is 0 Å². The fourth-order valence-electron chi connectivity index (χ4n) is 3.11. The molecule has 1 unspecified atom stereocenters. The van der Waals surface area contributed by atoms with Crippen LogP contribution in [0.5, 0.6) is 0 Å². The number of ether oxygens (including phenoxy) is 1. The van der Waals surface area contributed by atoms with Crippen LogP contribution < -0.4 is 5.32 Å². The molecule has 1 N–H and O–H groups in total. The van der Waals surface area contributed by atoms with Gasteiger partial charge in [0.05, 0.1) is 24.7 Å². The molecule has 0 aliphatic carbocycles. The fourth-order valence-corrected chi connectivity index (χ4v) is 3.87. The molecule has 3 aromatic rings. The first-order chi connectivity index (χ1) is 13.8. The molecule has 0 saturated carbocycles. The maximum atomic E-state index is 12.2. The highest BCUT2D eigenvalue weighted by Crippen LogP contribution is 2.25. The minimum atomic E-state index is -0.0330. The van der Waals surface area contributed by atoms with Gasteiger partial charge in [0.1, 0.15) is 0 Å². The Morgan fingerprint density at radius 3 is 2.86 bits per heavy atom. The van der Waals surface area contributed by atoms with Crippen molar-refractivity contribution >= 4 is 17.7 Å². The minimum Gasteiger partial charge on any atom is -0.461 e. The predicted molar refractivity (Wildman–Crippen MR) is 106 cm³/mol. The van der Waals surface area contributed by atoms with Crippen LogP contribution in [0.15, 0.2) is 58.3 Å². The van der Waals surface area contributed by atoms with Gasteiger partial charge in [-0.15, -0.1) is 10.2 Å². The largest absolute Gasteiger partial charge is 0.461 e. The smallest absolute Gasteiger partial charge is 0.230 e. The number of nitrogens with one attached hydrogen (secondary N) is 1. The molecule has 0 bridgehead atoms. The highest BCUT2D eigenvalue weighted by Gasteiger charge is 2.19. The summed E-state index contributed by atoms with van der Waals surface area (Å²) in [6.07, 6.45) is 3.82. The van der Waals surface area contributed by atoms with Gasteiger partial charge in [-0.05, 0) is 30.5 Å². The molecule has 2 aromatic heterocycles. The van der Waals surface area contributed by atoms with Crippen LogP contribution >= 0.6 is 11.8 Å². The number of carbonyl (C=O) groups excluding carboxylic acids is 1. The molecule has 3 heterocycles. The third-order valence-corrected chi connectivity index (χ3v) is 5.49. The molecule has 28 heavy (non-hydrogen) atoms. The normalized spacial score (nSPS) is 16.4. The third-order valence-electron chi connectivity index (χ3n) is 4.53. The Morgan fingerprint density at radius 2 is 2.11 bits per heavy atom. The van der Waals surface area contributed by atoms with Gasteiger partial charge < -0.3 is 14.5 Å². The molecule has 1 saturated heterocycles. The van der Waals surface area contributed by atoms with Crippen molar-refractivity contribution < 1.29 is 13.9 Å². The van der Waals surface area contributed by atoms with Crippen LogP contribution in [-0.2, 0) is 16.1 Å². The zero-order valence-electron chi connectivity index (χ0n) is 15.4. The lowest BCUT2D eigenvalue weighted by Crippen LogP contribution is -2.32. The van der Waals surface area contributed by atoms with E-state index in [9.17, 15) is 4.79 Å². The van der Waals surface area contributed by atoms with Gasteiger partial charge in [-0.3, -0.25) is 9.36 Å². The highest BCUT2D eigenvalue weighted by molar-refractivity contribution is 7.99. The maximum Gasteiger partial charge on any atom is 0.230 e. The standard InChI is InChI=1S/C20H22N4O3S/c25-18(21-12-16-8-4-10-26-16)14-28-20-23-22-19(17-9-5-11-27-17)24(20)13-15-6-2-1-3-7-15/h1-3,5-7,9,11,16H,4,8,10,12-14H2,(H,21,25). The zero-order chi connectivity index (χ0) is 19.2. The number of hydrogen-bond donors (Lipinski definition) is 1. The van der Waals surface area contributed by atoms with E-state index >= 15 is 0 Å². The summed E-state index contributed by atoms with van der Waals surface area (Å²) in [4.78, 5) is 12.2. The maximum absolute atomic E-state index is 12.2. The molecule has 146 valence electrons. The van der Waals surface area contributed by atoms with E-state index in [1.54, 1.807) is 6.26 Å². The number of aromatic nitrogens is 3. The molecule has 4 rings (SSSR count). The summed E-state index contributed by atoms with van der Waals surface area (Å²) < 4.78 is 13.0. The van der Waals surface area contributed by atoms with E-state index in [4.69, 9.17) is 9.15 Å². The van der Waals surface area contributed by atoms with E-state index in [0.29, 0.717) is 29.8 Å². The second-order valence-corrected chi connectivity index (χ2v) is 7.53. The molecule has 8 heteroatoms. The number of carbonyl (C=O) groups is 1. The molecule has 1 amide bonds. The number of nitrogens with zero attached hydrogens (tertiary/aromatic N) is 3. The van der Waals surface area contributed by atoms with Crippen LogP contribution in [0.25, 0.3) is 11.6 Å². The number of thioether (sulfide) groups is 1. The Hall–Kier alpha value is -2.58. The van der Waals surface area contributed by atoms with E-state index in [2.05, 4.69) is 27.6 Å². The summed E-state index contributed by atoms with van der Waals surface area (Å²) in [5, 5.41) is 12.2. The van der Waals surface area contributed by atoms with Crippen molar-refractivity contribution in [3.8, 4) is 11.6 Å². The van der Waals surface area contributed by atoms with Gasteiger partial charge in [0, 0.05) is 13.2 Å². The van der Waals surface area contributed by atoms with E-state index in [0.717, 1.165) is 25.0 Å². The molecule has 7 nitrogen and oxygen atoms in total. The van der Waals surface area contributed by atoms with Gasteiger partial charge >= 0.3 is 0 Å². The quantitative estimate of drug-likeness (QED) is 0.588. The van der Waals surface area contributed by atoms with Crippen LogP contribution in [0.1, 0.15) is 18.4 Å². The lowest BCUT2D eigenvalue weighted by molar-refractivity contribution is -0.119. The van der Waals surface area contributed by atoms with Gasteiger partial charge in [0.15, 0.2) is 10.9 Å². The van der Waals surface area contributed by atoms with Crippen molar-refractivity contribution in [3.63, 3.8) is 0 Å². The summed E-state index contributed by atoms with van der Waals surface area (Å²) in [5.74, 6) is 1.54. The summed E-state index contributed by atoms with van der Waals surface area (Å²) in [7, 11) is 0. The SMILES string of the molecule is O=C(CSc1nnc(-c2ccco2)n1Cc1ccccc1)NCC1CCCO1. The van der Waals surface area contributed by atoms with Crippen molar-refractivity contribution in [3.05, 3.63) is 54.3 Å². The average Bonchev–Trinajstić information content (AvgIpc) is 3.47. The Labute approximate surface area is 167 Å². The van der Waals surface area contributed by atoms with E-state index in [1.807, 2.05) is 34.9 Å². The predicted octanol–water partition coefficient (Wildman–Crippen LogP) is 2.97. The van der Waals surface area contributed by atoms with Crippen LogP contribution in [0.4, 0.5) is 0 Å². The molecule has 0 radical (unpaired) electrons. The van der Waals surface area contributed by atoms with Gasteiger partial charge in [-0.1, -0.05) is 42.1 Å². The summed E-state index contributed by atoms with van der Waals surface area (Å²) >= 11 is 1.37. The Balaban J connectivity index is 1.44.